The van der Waals surface area contributed by atoms with E-state index >= 15 is 0 Å². The number of nitrogens with zero attached hydrogens (tertiary/aromatic N) is 2. The summed E-state index contributed by atoms with van der Waals surface area (Å²) in [6, 6.07) is 5.74. The van der Waals surface area contributed by atoms with Gasteiger partial charge in [0.1, 0.15) is 5.54 Å². The van der Waals surface area contributed by atoms with E-state index in [0.29, 0.717) is 31.9 Å². The first kappa shape index (κ1) is 22.2. The van der Waals surface area contributed by atoms with E-state index in [1.54, 1.807) is 6.92 Å². The molecule has 26 heavy (non-hydrogen) atoms. The smallest absolute Gasteiger partial charge is 0.325 e. The summed E-state index contributed by atoms with van der Waals surface area (Å²) in [6.07, 6.45) is 1.13. The Morgan fingerprint density at radius 1 is 1.27 bits per heavy atom. The van der Waals surface area contributed by atoms with Crippen molar-refractivity contribution < 1.29 is 9.59 Å². The molecule has 1 aromatic rings. The van der Waals surface area contributed by atoms with Crippen molar-refractivity contribution in [2.75, 3.05) is 18.4 Å². The van der Waals surface area contributed by atoms with Crippen LogP contribution in [-0.2, 0) is 4.79 Å². The average molecular weight is 473 g/mol. The van der Waals surface area contributed by atoms with Crippen molar-refractivity contribution in [2.45, 2.75) is 46.1 Å². The third-order valence-electron chi connectivity index (χ3n) is 4.37. The molecule has 2 rings (SSSR count). The molecule has 1 aliphatic rings. The molecule has 7 nitrogen and oxygen atoms in total. The molecule has 0 radical (unpaired) electrons. The second-order valence-corrected chi connectivity index (χ2v) is 6.69. The SMILES string of the molecule is CCC1(C)NC(=O)N(CCCN=C(N)Nc2cc(C)cc(C)c2)C1=O.I. The molecule has 1 aromatic carbocycles. The van der Waals surface area contributed by atoms with Crippen LogP contribution in [0.25, 0.3) is 0 Å². The number of nitrogens with one attached hydrogen (secondary N) is 2. The molecular formula is C18H28IN5O2. The Morgan fingerprint density at radius 3 is 2.42 bits per heavy atom. The van der Waals surface area contributed by atoms with E-state index < -0.39 is 5.54 Å². The molecule has 144 valence electrons. The molecule has 1 saturated heterocycles. The van der Waals surface area contributed by atoms with Gasteiger partial charge in [-0.05, 0) is 56.9 Å². The molecule has 1 atom stereocenters. The van der Waals surface area contributed by atoms with Gasteiger partial charge in [-0.3, -0.25) is 14.7 Å². The first-order valence-electron chi connectivity index (χ1n) is 8.54. The quantitative estimate of drug-likeness (QED) is 0.195. The number of benzene rings is 1. The molecule has 1 aliphatic heterocycles. The van der Waals surface area contributed by atoms with Crippen LogP contribution in [-0.4, -0.2) is 41.4 Å². The molecular weight excluding hydrogens is 445 g/mol. The van der Waals surface area contributed by atoms with E-state index in [9.17, 15) is 9.59 Å². The number of anilines is 1. The fraction of sp³-hybridized carbons (Fsp3) is 0.500. The number of aryl methyl sites for hydroxylation is 2. The predicted octanol–water partition coefficient (Wildman–Crippen LogP) is 2.76. The van der Waals surface area contributed by atoms with Gasteiger partial charge in [0.15, 0.2) is 5.96 Å². The van der Waals surface area contributed by atoms with Gasteiger partial charge >= 0.3 is 6.03 Å². The molecule has 4 N–H and O–H groups in total. The predicted molar refractivity (Wildman–Crippen MR) is 115 cm³/mol. The van der Waals surface area contributed by atoms with Crippen LogP contribution >= 0.6 is 24.0 Å². The van der Waals surface area contributed by atoms with Crippen molar-refractivity contribution in [2.24, 2.45) is 10.7 Å². The van der Waals surface area contributed by atoms with E-state index in [1.807, 2.05) is 32.9 Å². The van der Waals surface area contributed by atoms with Crippen LogP contribution in [0.15, 0.2) is 23.2 Å². The monoisotopic (exact) mass is 473 g/mol. The van der Waals surface area contributed by atoms with Crippen LogP contribution in [0.1, 0.15) is 37.8 Å². The summed E-state index contributed by atoms with van der Waals surface area (Å²) in [7, 11) is 0. The van der Waals surface area contributed by atoms with Crippen LogP contribution in [0, 0.1) is 13.8 Å². The maximum Gasteiger partial charge on any atom is 0.325 e. The van der Waals surface area contributed by atoms with Gasteiger partial charge in [0.25, 0.3) is 5.91 Å². The third-order valence-corrected chi connectivity index (χ3v) is 4.37. The van der Waals surface area contributed by atoms with Crippen molar-refractivity contribution in [3.63, 3.8) is 0 Å². The number of hydrogen-bond donors (Lipinski definition) is 3. The highest BCUT2D eigenvalue weighted by molar-refractivity contribution is 14.0. The van der Waals surface area contributed by atoms with Gasteiger partial charge in [0, 0.05) is 18.8 Å². The highest BCUT2D eigenvalue weighted by Gasteiger charge is 2.45. The van der Waals surface area contributed by atoms with Crippen molar-refractivity contribution in [1.29, 1.82) is 0 Å². The van der Waals surface area contributed by atoms with Gasteiger partial charge in [0.05, 0.1) is 0 Å². The lowest BCUT2D eigenvalue weighted by Gasteiger charge is -2.19. The molecule has 0 aromatic heterocycles. The number of nitrogens with two attached hydrogens (primary N) is 1. The topological polar surface area (TPSA) is 99.8 Å². The minimum absolute atomic E-state index is 0. The fourth-order valence-corrected chi connectivity index (χ4v) is 2.85. The summed E-state index contributed by atoms with van der Waals surface area (Å²) in [5, 5.41) is 5.80. The number of hydrogen-bond acceptors (Lipinski definition) is 3. The lowest BCUT2D eigenvalue weighted by atomic mass is 9.99. The Bertz CT molecular complexity index is 687. The van der Waals surface area contributed by atoms with Gasteiger partial charge in [0.2, 0.25) is 0 Å². The minimum Gasteiger partial charge on any atom is -0.370 e. The number of carbonyl (C=O) groups excluding carboxylic acids is 2. The van der Waals surface area contributed by atoms with Crippen molar-refractivity contribution in [3.8, 4) is 0 Å². The molecule has 1 heterocycles. The van der Waals surface area contributed by atoms with Gasteiger partial charge in [-0.2, -0.15) is 0 Å². The summed E-state index contributed by atoms with van der Waals surface area (Å²) < 4.78 is 0. The standard InChI is InChI=1S/C18H27N5O2.HI/c1-5-18(4)15(24)23(17(25)22-18)8-6-7-20-16(19)21-14-10-12(2)9-13(3)11-14;/h9-11H,5-8H2,1-4H3,(H,22,25)(H3,19,20,21);1H. The highest BCUT2D eigenvalue weighted by Crippen LogP contribution is 2.20. The van der Waals surface area contributed by atoms with E-state index in [0.717, 1.165) is 16.8 Å². The Hall–Kier alpha value is -1.84. The second-order valence-electron chi connectivity index (χ2n) is 6.69. The number of rotatable bonds is 6. The molecule has 0 saturated carbocycles. The number of guanidine groups is 1. The molecule has 8 heteroatoms. The average Bonchev–Trinajstić information content (AvgIpc) is 2.73. The van der Waals surface area contributed by atoms with Crippen molar-refractivity contribution >= 4 is 47.6 Å². The van der Waals surface area contributed by atoms with Crippen molar-refractivity contribution in [1.82, 2.24) is 10.2 Å². The van der Waals surface area contributed by atoms with Crippen LogP contribution in [0.2, 0.25) is 0 Å². The number of amides is 3. The minimum atomic E-state index is -0.788. The largest absolute Gasteiger partial charge is 0.370 e. The van der Waals surface area contributed by atoms with Crippen LogP contribution < -0.4 is 16.4 Å². The highest BCUT2D eigenvalue weighted by atomic mass is 127. The lowest BCUT2D eigenvalue weighted by molar-refractivity contribution is -0.130. The summed E-state index contributed by atoms with van der Waals surface area (Å²) in [4.78, 5) is 29.7. The second kappa shape index (κ2) is 9.20. The number of urea groups is 1. The molecule has 0 spiro atoms. The summed E-state index contributed by atoms with van der Waals surface area (Å²) >= 11 is 0. The van der Waals surface area contributed by atoms with E-state index in [1.165, 1.54) is 4.90 Å². The normalized spacial score (nSPS) is 20.0. The molecule has 1 unspecified atom stereocenters. The maximum atomic E-state index is 12.3. The van der Waals surface area contributed by atoms with Gasteiger partial charge < -0.3 is 16.4 Å². The first-order chi connectivity index (χ1) is 11.7. The van der Waals surface area contributed by atoms with E-state index in [2.05, 4.69) is 21.7 Å². The summed E-state index contributed by atoms with van der Waals surface area (Å²) in [6.45, 7) is 8.44. The number of halogens is 1. The third kappa shape index (κ3) is 5.33. The lowest BCUT2D eigenvalue weighted by Crippen LogP contribution is -2.43. The zero-order valence-electron chi connectivity index (χ0n) is 15.8. The fourth-order valence-electron chi connectivity index (χ4n) is 2.85. The van der Waals surface area contributed by atoms with Gasteiger partial charge in [-0.1, -0.05) is 13.0 Å². The summed E-state index contributed by atoms with van der Waals surface area (Å²) in [5.41, 5.74) is 8.30. The molecule has 0 bridgehead atoms. The Balaban J connectivity index is 0.00000338. The molecule has 0 aliphatic carbocycles. The van der Waals surface area contributed by atoms with Gasteiger partial charge in [-0.15, -0.1) is 24.0 Å². The van der Waals surface area contributed by atoms with E-state index in [-0.39, 0.29) is 35.9 Å². The Labute approximate surface area is 171 Å². The molecule has 1 fully saturated rings. The number of aliphatic imine (C=N–C) groups is 1. The van der Waals surface area contributed by atoms with Crippen LogP contribution in [0.4, 0.5) is 10.5 Å². The maximum absolute atomic E-state index is 12.3. The Morgan fingerprint density at radius 2 is 1.88 bits per heavy atom. The first-order valence-corrected chi connectivity index (χ1v) is 8.54. The number of imide groups is 1. The van der Waals surface area contributed by atoms with Crippen LogP contribution in [0.5, 0.6) is 0 Å². The zero-order valence-corrected chi connectivity index (χ0v) is 18.1. The van der Waals surface area contributed by atoms with E-state index in [4.69, 9.17) is 5.73 Å². The number of carbonyl (C=O) groups is 2. The summed E-state index contributed by atoms with van der Waals surface area (Å²) in [5.74, 6) is 0.144. The van der Waals surface area contributed by atoms with Gasteiger partial charge in [-0.25, -0.2) is 4.79 Å². The van der Waals surface area contributed by atoms with Crippen LogP contribution in [0.3, 0.4) is 0 Å². The Kier molecular flexibility index (Phi) is 7.86. The zero-order chi connectivity index (χ0) is 18.6. The molecule has 3 amide bonds. The van der Waals surface area contributed by atoms with Crippen molar-refractivity contribution in [3.05, 3.63) is 29.3 Å².